The summed E-state index contributed by atoms with van der Waals surface area (Å²) in [6.45, 7) is 6.16. The Bertz CT molecular complexity index is 341. The first kappa shape index (κ1) is 11.2. The first-order chi connectivity index (χ1) is 6.69. The summed E-state index contributed by atoms with van der Waals surface area (Å²) in [5, 5.41) is 1.97. The van der Waals surface area contributed by atoms with E-state index in [-0.39, 0.29) is 5.78 Å². The van der Waals surface area contributed by atoms with Crippen LogP contribution in [-0.2, 0) is 0 Å². The van der Waals surface area contributed by atoms with Crippen molar-refractivity contribution in [3.05, 3.63) is 33.5 Å². The van der Waals surface area contributed by atoms with E-state index in [1.165, 1.54) is 5.57 Å². The van der Waals surface area contributed by atoms with E-state index in [0.29, 0.717) is 0 Å². The maximum Gasteiger partial charge on any atom is 0.186 e. The summed E-state index contributed by atoms with van der Waals surface area (Å²) in [6.07, 6.45) is 3.71. The van der Waals surface area contributed by atoms with Gasteiger partial charge in [0.25, 0.3) is 0 Å². The molecule has 0 aliphatic heterocycles. The number of hydrogen-bond acceptors (Lipinski definition) is 2. The third kappa shape index (κ3) is 2.55. The van der Waals surface area contributed by atoms with Crippen molar-refractivity contribution in [2.24, 2.45) is 0 Å². The molecule has 0 aliphatic carbocycles. The van der Waals surface area contributed by atoms with Crippen LogP contribution in [0.2, 0.25) is 0 Å². The van der Waals surface area contributed by atoms with Gasteiger partial charge in [-0.05, 0) is 37.3 Å². The summed E-state index contributed by atoms with van der Waals surface area (Å²) in [7, 11) is 0. The van der Waals surface area contributed by atoms with Crippen LogP contribution < -0.4 is 0 Å². The molecule has 1 aromatic rings. The van der Waals surface area contributed by atoms with Gasteiger partial charge in [0, 0.05) is 10.4 Å². The average Bonchev–Trinajstić information content (AvgIpc) is 2.60. The Morgan fingerprint density at radius 1 is 1.43 bits per heavy atom. The molecule has 2 heteroatoms. The van der Waals surface area contributed by atoms with E-state index in [1.54, 1.807) is 17.4 Å². The van der Waals surface area contributed by atoms with Gasteiger partial charge >= 0.3 is 0 Å². The van der Waals surface area contributed by atoms with E-state index in [1.807, 2.05) is 18.4 Å². The van der Waals surface area contributed by atoms with Gasteiger partial charge in [0.15, 0.2) is 5.78 Å². The maximum atomic E-state index is 11.8. The molecule has 0 N–H and O–H groups in total. The van der Waals surface area contributed by atoms with E-state index in [4.69, 9.17) is 0 Å². The molecule has 0 amide bonds. The van der Waals surface area contributed by atoms with Gasteiger partial charge in [-0.1, -0.05) is 19.4 Å². The molecule has 76 valence electrons. The number of ketones is 1. The molecule has 0 radical (unpaired) electrons. The van der Waals surface area contributed by atoms with Crippen LogP contribution in [0.25, 0.3) is 0 Å². The highest BCUT2D eigenvalue weighted by molar-refractivity contribution is 7.10. The second-order valence-corrected chi connectivity index (χ2v) is 4.38. The van der Waals surface area contributed by atoms with Gasteiger partial charge in [-0.2, -0.15) is 0 Å². The molecule has 1 nitrogen and oxygen atoms in total. The van der Waals surface area contributed by atoms with E-state index >= 15 is 0 Å². The number of carbonyl (C=O) groups is 1. The van der Waals surface area contributed by atoms with Crippen molar-refractivity contribution in [1.82, 2.24) is 0 Å². The second-order valence-electron chi connectivity index (χ2n) is 3.26. The molecule has 0 bridgehead atoms. The molecular formula is C12H16OS. The lowest BCUT2D eigenvalue weighted by Crippen LogP contribution is -1.96. The van der Waals surface area contributed by atoms with E-state index in [2.05, 4.69) is 13.8 Å². The minimum atomic E-state index is 0.155. The van der Waals surface area contributed by atoms with Crippen LogP contribution in [0, 0.1) is 6.92 Å². The molecule has 0 unspecified atom stereocenters. The fourth-order valence-electron chi connectivity index (χ4n) is 1.36. The van der Waals surface area contributed by atoms with Crippen LogP contribution >= 0.6 is 11.3 Å². The Kier molecular flexibility index (Phi) is 4.08. The van der Waals surface area contributed by atoms with Crippen LogP contribution in [0.3, 0.4) is 0 Å². The first-order valence-electron chi connectivity index (χ1n) is 4.96. The van der Waals surface area contributed by atoms with Gasteiger partial charge in [0.1, 0.15) is 0 Å². The quantitative estimate of drug-likeness (QED) is 0.540. The normalized spacial score (nSPS) is 9.93. The van der Waals surface area contributed by atoms with Crippen molar-refractivity contribution >= 4 is 17.1 Å². The summed E-state index contributed by atoms with van der Waals surface area (Å²) in [6, 6.07) is 1.90. The summed E-state index contributed by atoms with van der Waals surface area (Å²) < 4.78 is 0. The Balaban J connectivity index is 2.86. The lowest BCUT2D eigenvalue weighted by molar-refractivity contribution is 0.104. The first-order valence-corrected chi connectivity index (χ1v) is 5.84. The minimum Gasteiger partial charge on any atom is -0.289 e. The highest BCUT2D eigenvalue weighted by atomic mass is 32.1. The molecule has 0 atom stereocenters. The molecule has 0 saturated heterocycles. The number of aryl methyl sites for hydroxylation is 1. The fraction of sp³-hybridized carbons (Fsp3) is 0.417. The van der Waals surface area contributed by atoms with Gasteiger partial charge in [0.05, 0.1) is 0 Å². The third-order valence-electron chi connectivity index (χ3n) is 2.37. The minimum absolute atomic E-state index is 0.155. The molecule has 1 rings (SSSR count). The standard InChI is InChI=1S/C12H16OS/c1-4-10(5-2)8-12(13)11-6-7-14-9(11)3/h6-8H,4-5H2,1-3H3. The van der Waals surface area contributed by atoms with Gasteiger partial charge < -0.3 is 0 Å². The Labute approximate surface area is 89.5 Å². The van der Waals surface area contributed by atoms with E-state index in [9.17, 15) is 4.79 Å². The monoisotopic (exact) mass is 208 g/mol. The van der Waals surface area contributed by atoms with Crippen LogP contribution in [0.15, 0.2) is 23.1 Å². The van der Waals surface area contributed by atoms with Crippen LogP contribution in [0.5, 0.6) is 0 Å². The zero-order valence-electron chi connectivity index (χ0n) is 8.96. The highest BCUT2D eigenvalue weighted by Gasteiger charge is 2.07. The number of allylic oxidation sites excluding steroid dienone is 2. The summed E-state index contributed by atoms with van der Waals surface area (Å²) >= 11 is 1.62. The number of thiophene rings is 1. The predicted molar refractivity (Wildman–Crippen MR) is 62.1 cm³/mol. The highest BCUT2D eigenvalue weighted by Crippen LogP contribution is 2.17. The van der Waals surface area contributed by atoms with Crippen LogP contribution in [-0.4, -0.2) is 5.78 Å². The Morgan fingerprint density at radius 3 is 2.50 bits per heavy atom. The topological polar surface area (TPSA) is 17.1 Å². The van der Waals surface area contributed by atoms with Gasteiger partial charge in [-0.25, -0.2) is 0 Å². The lowest BCUT2D eigenvalue weighted by Gasteiger charge is -1.99. The van der Waals surface area contributed by atoms with Crippen molar-refractivity contribution in [1.29, 1.82) is 0 Å². The van der Waals surface area contributed by atoms with Gasteiger partial charge in [-0.15, -0.1) is 11.3 Å². The van der Waals surface area contributed by atoms with Crippen LogP contribution in [0.4, 0.5) is 0 Å². The SMILES string of the molecule is CCC(=CC(=O)c1ccsc1C)CC. The lowest BCUT2D eigenvalue weighted by atomic mass is 10.1. The zero-order valence-corrected chi connectivity index (χ0v) is 9.78. The molecule has 0 saturated carbocycles. The third-order valence-corrected chi connectivity index (χ3v) is 3.21. The molecule has 1 heterocycles. The molecule has 14 heavy (non-hydrogen) atoms. The summed E-state index contributed by atoms with van der Waals surface area (Å²) in [5.41, 5.74) is 2.08. The molecular weight excluding hydrogens is 192 g/mol. The van der Waals surface area contributed by atoms with Crippen molar-refractivity contribution < 1.29 is 4.79 Å². The largest absolute Gasteiger partial charge is 0.289 e. The smallest absolute Gasteiger partial charge is 0.186 e. The Hall–Kier alpha value is -0.890. The second kappa shape index (κ2) is 5.11. The van der Waals surface area contributed by atoms with Gasteiger partial charge in [-0.3, -0.25) is 4.79 Å². The van der Waals surface area contributed by atoms with Crippen molar-refractivity contribution in [2.75, 3.05) is 0 Å². The van der Waals surface area contributed by atoms with Crippen LogP contribution in [0.1, 0.15) is 41.9 Å². The van der Waals surface area contributed by atoms with Crippen molar-refractivity contribution in [3.8, 4) is 0 Å². The number of rotatable bonds is 4. The van der Waals surface area contributed by atoms with Gasteiger partial charge in [0.2, 0.25) is 0 Å². The summed E-state index contributed by atoms with van der Waals surface area (Å²) in [5.74, 6) is 0.155. The number of carbonyl (C=O) groups excluding carboxylic acids is 1. The van der Waals surface area contributed by atoms with Crippen molar-refractivity contribution in [2.45, 2.75) is 33.6 Å². The fourth-order valence-corrected chi connectivity index (χ4v) is 2.06. The Morgan fingerprint density at radius 2 is 2.07 bits per heavy atom. The van der Waals surface area contributed by atoms with E-state index in [0.717, 1.165) is 23.3 Å². The predicted octanol–water partition coefficient (Wildman–Crippen LogP) is 3.99. The molecule has 1 aromatic heterocycles. The van der Waals surface area contributed by atoms with Crippen molar-refractivity contribution in [3.63, 3.8) is 0 Å². The average molecular weight is 208 g/mol. The molecule has 0 aliphatic rings. The molecule has 0 spiro atoms. The zero-order chi connectivity index (χ0) is 10.6. The summed E-state index contributed by atoms with van der Waals surface area (Å²) in [4.78, 5) is 12.9. The van der Waals surface area contributed by atoms with E-state index < -0.39 is 0 Å². The maximum absolute atomic E-state index is 11.8. The number of hydrogen-bond donors (Lipinski definition) is 0. The molecule has 0 aromatic carbocycles. The molecule has 0 fully saturated rings.